The van der Waals surface area contributed by atoms with Crippen molar-refractivity contribution in [2.45, 2.75) is 6.92 Å². The number of carbonyl (C=O) groups is 2. The van der Waals surface area contributed by atoms with Gasteiger partial charge in [-0.15, -0.1) is 12.4 Å². The Kier molecular flexibility index (Phi) is 280. The Morgan fingerprint density at radius 1 is 1.27 bits per heavy atom. The highest BCUT2D eigenvalue weighted by atomic mass is 35.5. The average Bonchev–Trinajstić information content (AvgIpc) is 1.33. The molecule has 0 aliphatic carbocycles. The Balaban J connectivity index is -0.00000000848. The lowest BCUT2D eigenvalue weighted by atomic mass is 10.9. The van der Waals surface area contributed by atoms with Crippen LogP contribution < -0.4 is 18.5 Å². The molecule has 0 atom stereocenters. The molecule has 0 aromatic carbocycles. The summed E-state index contributed by atoms with van der Waals surface area (Å²) in [6.07, 6.45) is 0. The molecule has 11 heavy (non-hydrogen) atoms. The van der Waals surface area contributed by atoms with Gasteiger partial charge in [0.15, 0.2) is 0 Å². The third kappa shape index (κ3) is 581. The first kappa shape index (κ1) is 49.7. The summed E-state index contributed by atoms with van der Waals surface area (Å²) >= 11 is 0. The van der Waals surface area contributed by atoms with Gasteiger partial charge < -0.3 is 28.7 Å². The van der Waals surface area contributed by atoms with Gasteiger partial charge in [0.1, 0.15) is 0 Å². The summed E-state index contributed by atoms with van der Waals surface area (Å²) in [6, 6.07) is 0. The Labute approximate surface area is 70.9 Å². The van der Waals surface area contributed by atoms with Crippen LogP contribution in [0.3, 0.4) is 0 Å². The summed E-state index contributed by atoms with van der Waals surface area (Å²) in [5, 5.41) is 14.3. The van der Waals surface area contributed by atoms with Gasteiger partial charge in [-0.2, -0.15) is 0 Å². The van der Waals surface area contributed by atoms with E-state index in [4.69, 9.17) is 19.8 Å². The zero-order chi connectivity index (χ0) is 6.28. The maximum absolute atomic E-state index is 9.00. The highest BCUT2D eigenvalue weighted by Crippen LogP contribution is 1.42. The molecule has 8 heteroatoms. The summed E-state index contributed by atoms with van der Waals surface area (Å²) in [6.45, 7) is 0.833. The van der Waals surface area contributed by atoms with Crippen LogP contribution in [0.2, 0.25) is 0 Å². The quantitative estimate of drug-likeness (QED) is 0.351. The van der Waals surface area contributed by atoms with Gasteiger partial charge in [0, 0.05) is 6.92 Å². The predicted molar refractivity (Wildman–Crippen MR) is 44.3 cm³/mol. The number of hydrogen-bond donors (Lipinski definition) is 5. The number of rotatable bonds is 0. The molecule has 0 saturated heterocycles. The van der Waals surface area contributed by atoms with E-state index in [-0.39, 0.29) is 37.3 Å². The monoisotopic (exact) mass is 193 g/mol. The van der Waals surface area contributed by atoms with Crippen LogP contribution >= 0.6 is 12.4 Å². The van der Waals surface area contributed by atoms with Gasteiger partial charge in [-0.1, -0.05) is 0 Å². The Morgan fingerprint density at radius 3 is 1.27 bits per heavy atom. The van der Waals surface area contributed by atoms with E-state index in [2.05, 4.69) is 0 Å². The summed E-state index contributed by atoms with van der Waals surface area (Å²) in [7, 11) is 0. The fourth-order valence-corrected chi connectivity index (χ4v) is 0. The fourth-order valence-electron chi connectivity index (χ4n) is 0. The van der Waals surface area contributed by atoms with Crippen molar-refractivity contribution >= 4 is 24.8 Å². The predicted octanol–water partition coefficient (Wildman–Crippen LogP) is 0.699. The van der Waals surface area contributed by atoms with Crippen LogP contribution in [0, 0.1) is 0 Å². The molecular weight excluding hydrogens is 178 g/mol. The molecule has 11 N–H and O–H groups in total. The highest BCUT2D eigenvalue weighted by molar-refractivity contribution is 5.85. The lowest BCUT2D eigenvalue weighted by Crippen LogP contribution is -1.78. The molecule has 0 heterocycles. The molecule has 0 aliphatic heterocycles. The zero-order valence-electron chi connectivity index (χ0n) is 6.32. The maximum Gasteiger partial charge on any atom is 0.300 e. The summed E-state index contributed by atoms with van der Waals surface area (Å²) in [5.41, 5.74) is 0. The largest absolute Gasteiger partial charge is 0.483 e. The standard InChI is InChI=1S/C2H4O2.CH2O2.ClH.3H3N/c1-2(3)4;2-1-3;;;;/h1H3,(H,3,4);1H,(H,2,3);1H;3*1H3. The van der Waals surface area contributed by atoms with E-state index in [0.717, 1.165) is 6.92 Å². The molecule has 0 unspecified atom stereocenters. The average molecular weight is 194 g/mol. The van der Waals surface area contributed by atoms with Gasteiger partial charge >= 0.3 is 0 Å². The molecule has 0 radical (unpaired) electrons. The number of carboxylic acid groups (broad SMARTS) is 2. The SMILES string of the molecule is CC(=O)O.Cl.N.N.N.O=CO. The molecule has 74 valence electrons. The van der Waals surface area contributed by atoms with Gasteiger partial charge in [-0.3, -0.25) is 9.59 Å². The topological polar surface area (TPSA) is 180 Å². The van der Waals surface area contributed by atoms with Crippen molar-refractivity contribution in [2.75, 3.05) is 0 Å². The van der Waals surface area contributed by atoms with Gasteiger partial charge in [-0.25, -0.2) is 0 Å². The normalized spacial score (nSPS) is 3.36. The smallest absolute Gasteiger partial charge is 0.300 e. The van der Waals surface area contributed by atoms with Crippen molar-refractivity contribution in [1.29, 1.82) is 0 Å². The van der Waals surface area contributed by atoms with Crippen LogP contribution in [0.4, 0.5) is 0 Å². The van der Waals surface area contributed by atoms with Crippen LogP contribution in [0.5, 0.6) is 0 Å². The molecule has 0 saturated carbocycles. The van der Waals surface area contributed by atoms with Crippen LogP contribution in [0.25, 0.3) is 0 Å². The fraction of sp³-hybridized carbons (Fsp3) is 0.333. The zero-order valence-corrected chi connectivity index (χ0v) is 7.13. The van der Waals surface area contributed by atoms with Crippen molar-refractivity contribution in [1.82, 2.24) is 18.5 Å². The highest BCUT2D eigenvalue weighted by Gasteiger charge is 1.65. The third-order valence-electron chi connectivity index (χ3n) is 0. The van der Waals surface area contributed by atoms with Gasteiger partial charge in [0.25, 0.3) is 12.4 Å². The summed E-state index contributed by atoms with van der Waals surface area (Å²) < 4.78 is 0. The van der Waals surface area contributed by atoms with E-state index >= 15 is 0 Å². The van der Waals surface area contributed by atoms with Gasteiger partial charge in [0.05, 0.1) is 0 Å². The molecule has 0 fully saturated rings. The summed E-state index contributed by atoms with van der Waals surface area (Å²) in [5.74, 6) is -0.833. The van der Waals surface area contributed by atoms with Crippen molar-refractivity contribution in [3.8, 4) is 0 Å². The molecule has 7 nitrogen and oxygen atoms in total. The minimum Gasteiger partial charge on any atom is -0.483 e. The molecule has 0 aliphatic rings. The molecule has 0 rings (SSSR count). The van der Waals surface area contributed by atoms with E-state index in [0.29, 0.717) is 0 Å². The first-order chi connectivity index (χ1) is 3.15. The first-order valence-electron chi connectivity index (χ1n) is 1.42. The van der Waals surface area contributed by atoms with E-state index in [1.807, 2.05) is 0 Å². The van der Waals surface area contributed by atoms with E-state index in [9.17, 15) is 0 Å². The van der Waals surface area contributed by atoms with Gasteiger partial charge in [-0.05, 0) is 0 Å². The second-order valence-corrected chi connectivity index (χ2v) is 0.624. The minimum atomic E-state index is -0.833. The minimum absolute atomic E-state index is 0. The molecule has 0 aromatic rings. The van der Waals surface area contributed by atoms with Crippen LogP contribution in [-0.2, 0) is 9.59 Å². The maximum atomic E-state index is 9.00. The second kappa shape index (κ2) is 61.9. The molecule has 0 bridgehead atoms. The number of halogens is 1. The number of carboxylic acids is 1. The van der Waals surface area contributed by atoms with Crippen molar-refractivity contribution in [3.63, 3.8) is 0 Å². The molecule has 0 spiro atoms. The molecular formula is C3H16ClN3O4. The van der Waals surface area contributed by atoms with Crippen LogP contribution in [0.1, 0.15) is 6.92 Å². The first-order valence-corrected chi connectivity index (χ1v) is 1.42. The number of aliphatic carboxylic acids is 1. The van der Waals surface area contributed by atoms with Crippen LogP contribution in [-0.4, -0.2) is 22.7 Å². The van der Waals surface area contributed by atoms with Crippen molar-refractivity contribution in [3.05, 3.63) is 0 Å². The molecule has 0 aromatic heterocycles. The van der Waals surface area contributed by atoms with E-state index in [1.54, 1.807) is 0 Å². The van der Waals surface area contributed by atoms with Gasteiger partial charge in [0.2, 0.25) is 0 Å². The molecule has 0 amide bonds. The Bertz CT molecular complexity index is 67.6. The Morgan fingerprint density at radius 2 is 1.27 bits per heavy atom. The van der Waals surface area contributed by atoms with Crippen molar-refractivity contribution < 1.29 is 19.8 Å². The lowest BCUT2D eigenvalue weighted by Gasteiger charge is -1.59. The van der Waals surface area contributed by atoms with E-state index < -0.39 is 5.97 Å². The van der Waals surface area contributed by atoms with Crippen molar-refractivity contribution in [2.24, 2.45) is 0 Å². The van der Waals surface area contributed by atoms with Crippen LogP contribution in [0.15, 0.2) is 0 Å². The van der Waals surface area contributed by atoms with E-state index in [1.165, 1.54) is 0 Å². The number of hydrogen-bond acceptors (Lipinski definition) is 5. The second-order valence-electron chi connectivity index (χ2n) is 0.624. The Hall–Kier alpha value is -0.890. The third-order valence-corrected chi connectivity index (χ3v) is 0. The summed E-state index contributed by atoms with van der Waals surface area (Å²) in [4.78, 5) is 17.4. The lowest BCUT2D eigenvalue weighted by molar-refractivity contribution is -0.134.